The molecule has 0 amide bonds. The summed E-state index contributed by atoms with van der Waals surface area (Å²) < 4.78 is 11.5. The van der Waals surface area contributed by atoms with Crippen LogP contribution in [0.1, 0.15) is 70.8 Å². The van der Waals surface area contributed by atoms with Gasteiger partial charge in [0.05, 0.1) is 20.1 Å². The van der Waals surface area contributed by atoms with Crippen molar-refractivity contribution in [3.05, 3.63) is 23.8 Å². The summed E-state index contributed by atoms with van der Waals surface area (Å²) >= 11 is 0. The van der Waals surface area contributed by atoms with E-state index in [2.05, 4.69) is 20.8 Å². The van der Waals surface area contributed by atoms with Crippen LogP contribution in [0.15, 0.2) is 18.2 Å². The van der Waals surface area contributed by atoms with Crippen LogP contribution in [0.2, 0.25) is 0 Å². The number of Topliss-reactive ketones (excluding diaryl/α,β-unsaturated/α-hetero) is 1. The average Bonchev–Trinajstić information content (AvgIpc) is 2.59. The summed E-state index contributed by atoms with van der Waals surface area (Å²) in [4.78, 5) is 13.9. The Kier molecular flexibility index (Phi) is 4.56. The second kappa shape index (κ2) is 6.53. The lowest BCUT2D eigenvalue weighted by Crippen LogP contribution is -2.52. The van der Waals surface area contributed by atoms with Gasteiger partial charge in [-0.15, -0.1) is 0 Å². The average molecular weight is 371 g/mol. The Labute approximate surface area is 163 Å². The van der Waals surface area contributed by atoms with Crippen molar-refractivity contribution in [1.29, 1.82) is 0 Å². The van der Waals surface area contributed by atoms with Crippen LogP contribution < -0.4 is 9.47 Å². The number of carbonyl (C=O) groups is 1. The molecule has 1 aromatic rings. The first-order valence-electron chi connectivity index (χ1n) is 10.5. The van der Waals surface area contributed by atoms with Gasteiger partial charge in [-0.3, -0.25) is 4.79 Å². The number of rotatable bonds is 5. The summed E-state index contributed by atoms with van der Waals surface area (Å²) in [6, 6.07) is 5.93. The molecule has 3 heteroatoms. The molecule has 0 heterocycles. The number of ether oxygens (including phenoxy) is 2. The highest BCUT2D eigenvalue weighted by Gasteiger charge is 2.58. The van der Waals surface area contributed by atoms with E-state index in [1.165, 1.54) is 38.5 Å². The van der Waals surface area contributed by atoms with Gasteiger partial charge in [-0.25, -0.2) is 0 Å². The summed E-state index contributed by atoms with van der Waals surface area (Å²) in [6.45, 7) is 6.18. The van der Waals surface area contributed by atoms with E-state index < -0.39 is 0 Å². The topological polar surface area (TPSA) is 35.5 Å². The molecule has 4 fully saturated rings. The summed E-state index contributed by atoms with van der Waals surface area (Å²) in [5.74, 6) is 4.19. The normalized spacial score (nSPS) is 33.0. The molecule has 1 atom stereocenters. The fourth-order valence-corrected chi connectivity index (χ4v) is 6.84. The van der Waals surface area contributed by atoms with Gasteiger partial charge in [0.25, 0.3) is 0 Å². The van der Waals surface area contributed by atoms with Crippen molar-refractivity contribution in [2.24, 2.45) is 28.6 Å². The smallest absolute Gasteiger partial charge is 0.146 e. The molecule has 4 aliphatic carbocycles. The van der Waals surface area contributed by atoms with Crippen LogP contribution in [-0.4, -0.2) is 20.0 Å². The van der Waals surface area contributed by atoms with Crippen molar-refractivity contribution in [2.75, 3.05) is 14.2 Å². The molecule has 4 saturated carbocycles. The van der Waals surface area contributed by atoms with Crippen LogP contribution in [0.4, 0.5) is 0 Å². The van der Waals surface area contributed by atoms with E-state index in [9.17, 15) is 4.79 Å². The predicted molar refractivity (Wildman–Crippen MR) is 107 cm³/mol. The zero-order chi connectivity index (χ0) is 19.4. The minimum Gasteiger partial charge on any atom is -0.496 e. The van der Waals surface area contributed by atoms with Crippen LogP contribution in [0.5, 0.6) is 11.5 Å². The van der Waals surface area contributed by atoms with Crippen molar-refractivity contribution in [3.8, 4) is 11.5 Å². The lowest BCUT2D eigenvalue weighted by Gasteiger charge is -2.59. The van der Waals surface area contributed by atoms with E-state index in [-0.39, 0.29) is 16.7 Å². The lowest BCUT2D eigenvalue weighted by molar-refractivity contribution is -0.139. The second-order valence-electron chi connectivity index (χ2n) is 10.4. The largest absolute Gasteiger partial charge is 0.496 e. The number of ketones is 1. The van der Waals surface area contributed by atoms with Gasteiger partial charge in [0.1, 0.15) is 17.3 Å². The van der Waals surface area contributed by atoms with E-state index in [0.29, 0.717) is 5.78 Å². The highest BCUT2D eigenvalue weighted by atomic mass is 16.5. The third-order valence-corrected chi connectivity index (χ3v) is 7.45. The molecule has 3 nitrogen and oxygen atoms in total. The molecule has 0 radical (unpaired) electrons. The maximum absolute atomic E-state index is 13.9. The van der Waals surface area contributed by atoms with E-state index in [1.54, 1.807) is 14.2 Å². The Morgan fingerprint density at radius 1 is 0.963 bits per heavy atom. The first kappa shape index (κ1) is 18.8. The van der Waals surface area contributed by atoms with Gasteiger partial charge in [0.15, 0.2) is 0 Å². The maximum Gasteiger partial charge on any atom is 0.146 e. The van der Waals surface area contributed by atoms with Gasteiger partial charge in [-0.1, -0.05) is 26.8 Å². The molecule has 0 spiro atoms. The van der Waals surface area contributed by atoms with Crippen molar-refractivity contribution in [1.82, 2.24) is 0 Å². The number of hydrogen-bond donors (Lipinski definition) is 0. The van der Waals surface area contributed by atoms with Crippen molar-refractivity contribution in [3.63, 3.8) is 0 Å². The summed E-state index contributed by atoms with van der Waals surface area (Å²) in [5.41, 5.74) is 0.672. The molecule has 1 aromatic carbocycles. The van der Waals surface area contributed by atoms with Gasteiger partial charge in [0, 0.05) is 11.0 Å². The molecule has 0 saturated heterocycles. The maximum atomic E-state index is 13.9. The fourth-order valence-electron chi connectivity index (χ4n) is 6.84. The first-order valence-corrected chi connectivity index (χ1v) is 10.5. The lowest BCUT2D eigenvalue weighted by atomic mass is 9.44. The minimum atomic E-state index is -0.389. The Bertz CT molecular complexity index is 670. The van der Waals surface area contributed by atoms with E-state index in [4.69, 9.17) is 9.47 Å². The Morgan fingerprint density at radius 3 is 1.78 bits per heavy atom. The van der Waals surface area contributed by atoms with Crippen LogP contribution in [-0.2, 0) is 4.79 Å². The molecular weight excluding hydrogens is 336 g/mol. The fraction of sp³-hybridized carbons (Fsp3) is 0.708. The van der Waals surface area contributed by atoms with E-state index >= 15 is 0 Å². The molecule has 1 unspecified atom stereocenters. The molecular formula is C24H34O3. The van der Waals surface area contributed by atoms with Gasteiger partial charge >= 0.3 is 0 Å². The predicted octanol–water partition coefficient (Wildman–Crippen LogP) is 5.62. The van der Waals surface area contributed by atoms with Crippen LogP contribution >= 0.6 is 0 Å². The molecule has 0 aromatic heterocycles. The highest BCUT2D eigenvalue weighted by molar-refractivity contribution is 5.92. The van der Waals surface area contributed by atoms with Crippen LogP contribution in [0.3, 0.4) is 0 Å². The summed E-state index contributed by atoms with van der Waals surface area (Å²) in [6.07, 6.45) is 7.68. The molecule has 148 valence electrons. The Hall–Kier alpha value is -1.51. The van der Waals surface area contributed by atoms with Crippen LogP contribution in [0, 0.1) is 28.6 Å². The first-order chi connectivity index (χ1) is 12.8. The number of carbonyl (C=O) groups excluding carboxylic acids is 1. The third-order valence-electron chi connectivity index (χ3n) is 7.45. The monoisotopic (exact) mass is 370 g/mol. The molecule has 27 heavy (non-hydrogen) atoms. The third kappa shape index (κ3) is 3.07. The standard InChI is InChI=1S/C24H34O3/c1-23(2,3)22(25)21(20-18(26-4)7-6-8-19(20)27-5)24-12-15-9-16(13-24)11-17(10-15)14-24/h6-8,15-17,21H,9-14H2,1-5H3. The summed E-state index contributed by atoms with van der Waals surface area (Å²) in [7, 11) is 3.41. The molecule has 4 bridgehead atoms. The van der Waals surface area contributed by atoms with Gasteiger partial charge in [0.2, 0.25) is 0 Å². The minimum absolute atomic E-state index is 0.0705. The van der Waals surface area contributed by atoms with Crippen molar-refractivity contribution < 1.29 is 14.3 Å². The van der Waals surface area contributed by atoms with Crippen molar-refractivity contribution in [2.45, 2.75) is 65.2 Å². The Balaban J connectivity index is 1.89. The molecule has 5 rings (SSSR count). The second-order valence-corrected chi connectivity index (χ2v) is 10.4. The zero-order valence-corrected chi connectivity index (χ0v) is 17.5. The quantitative estimate of drug-likeness (QED) is 0.675. The highest BCUT2D eigenvalue weighted by Crippen LogP contribution is 2.66. The SMILES string of the molecule is COc1cccc(OC)c1C(C(=O)C(C)(C)C)C12CC3CC(CC(C3)C1)C2. The van der Waals surface area contributed by atoms with Gasteiger partial charge in [-0.05, 0) is 73.8 Å². The van der Waals surface area contributed by atoms with E-state index in [1.807, 2.05) is 18.2 Å². The van der Waals surface area contributed by atoms with Gasteiger partial charge < -0.3 is 9.47 Å². The van der Waals surface area contributed by atoms with Gasteiger partial charge in [-0.2, -0.15) is 0 Å². The molecule has 0 aliphatic heterocycles. The number of methoxy groups -OCH3 is 2. The van der Waals surface area contributed by atoms with E-state index in [0.717, 1.165) is 34.8 Å². The van der Waals surface area contributed by atoms with Crippen LogP contribution in [0.25, 0.3) is 0 Å². The zero-order valence-electron chi connectivity index (χ0n) is 17.5. The Morgan fingerprint density at radius 2 is 1.41 bits per heavy atom. The number of benzene rings is 1. The summed E-state index contributed by atoms with van der Waals surface area (Å²) in [5, 5.41) is 0. The molecule has 0 N–H and O–H groups in total. The molecule has 4 aliphatic rings. The van der Waals surface area contributed by atoms with Crippen molar-refractivity contribution >= 4 is 5.78 Å². The number of hydrogen-bond acceptors (Lipinski definition) is 3.